The van der Waals surface area contributed by atoms with E-state index in [2.05, 4.69) is 58.9 Å². The number of para-hydroxylation sites is 1. The number of benzene rings is 1. The maximum atomic E-state index is 10.5. The number of aliphatic hydroxyl groups is 1. The van der Waals surface area contributed by atoms with Gasteiger partial charge in [0.1, 0.15) is 0 Å². The summed E-state index contributed by atoms with van der Waals surface area (Å²) in [5.41, 5.74) is 3.21. The Morgan fingerprint density at radius 3 is 2.84 bits per heavy atom. The molecule has 0 radical (unpaired) electrons. The number of hydrogen-bond acceptors (Lipinski definition) is 2. The summed E-state index contributed by atoms with van der Waals surface area (Å²) in [5.74, 6) is 0.791. The highest BCUT2D eigenvalue weighted by Gasteiger charge is 2.30. The lowest BCUT2D eigenvalue weighted by Gasteiger charge is -2.20. The third-order valence-electron chi connectivity index (χ3n) is 5.11. The fourth-order valence-electron chi connectivity index (χ4n) is 3.65. The molecule has 0 spiro atoms. The van der Waals surface area contributed by atoms with E-state index in [-0.39, 0.29) is 0 Å². The molecule has 1 aromatic carbocycles. The molecule has 0 aliphatic heterocycles. The molecule has 1 aliphatic rings. The summed E-state index contributed by atoms with van der Waals surface area (Å²) in [7, 11) is 0. The van der Waals surface area contributed by atoms with Crippen LogP contribution in [0.2, 0.25) is 0 Å². The molecular weight excluding hydrogens is 312 g/mol. The summed E-state index contributed by atoms with van der Waals surface area (Å²) in [6.07, 6.45) is 6.98. The Balaban J connectivity index is 1.58. The molecule has 0 atom stereocenters. The quantitative estimate of drug-likeness (QED) is 0.482. The zero-order valence-electron chi connectivity index (χ0n) is 15.4. The van der Waals surface area contributed by atoms with Crippen molar-refractivity contribution in [3.63, 3.8) is 0 Å². The lowest BCUT2D eigenvalue weighted by atomic mass is 10.0. The topological polar surface area (TPSA) is 72.4 Å². The Hall–Kier alpha value is -2.01. The Morgan fingerprint density at radius 1 is 1.28 bits per heavy atom. The maximum Gasteiger partial charge on any atom is 0.191 e. The molecule has 2 aromatic rings. The van der Waals surface area contributed by atoms with Crippen LogP contribution in [0, 0.1) is 6.92 Å². The largest absolute Gasteiger partial charge is 0.388 e. The highest BCUT2D eigenvalue weighted by molar-refractivity contribution is 5.86. The molecule has 1 fully saturated rings. The van der Waals surface area contributed by atoms with Crippen molar-refractivity contribution in [2.75, 3.05) is 19.6 Å². The zero-order chi connectivity index (χ0) is 17.7. The average molecular weight is 342 g/mol. The predicted molar refractivity (Wildman–Crippen MR) is 104 cm³/mol. The fraction of sp³-hybridized carbons (Fsp3) is 0.550. The van der Waals surface area contributed by atoms with E-state index in [1.165, 1.54) is 22.0 Å². The molecule has 3 rings (SSSR count). The smallest absolute Gasteiger partial charge is 0.191 e. The number of aromatic nitrogens is 1. The van der Waals surface area contributed by atoms with Crippen LogP contribution in [-0.2, 0) is 6.42 Å². The van der Waals surface area contributed by atoms with Crippen molar-refractivity contribution in [2.24, 2.45) is 4.99 Å². The molecule has 0 amide bonds. The SMILES string of the molecule is CCNC(=NCC1(O)CCCC1)NCCc1c[nH]c2c(C)cccc12. The van der Waals surface area contributed by atoms with Gasteiger partial charge < -0.3 is 20.7 Å². The van der Waals surface area contributed by atoms with E-state index < -0.39 is 5.60 Å². The van der Waals surface area contributed by atoms with Crippen LogP contribution in [0.15, 0.2) is 29.4 Å². The number of hydrogen-bond donors (Lipinski definition) is 4. The van der Waals surface area contributed by atoms with Crippen LogP contribution in [0.5, 0.6) is 0 Å². The number of aromatic amines is 1. The van der Waals surface area contributed by atoms with Crippen molar-refractivity contribution in [3.8, 4) is 0 Å². The molecule has 5 heteroatoms. The lowest BCUT2D eigenvalue weighted by molar-refractivity contribution is 0.0574. The fourth-order valence-corrected chi connectivity index (χ4v) is 3.65. The van der Waals surface area contributed by atoms with Gasteiger partial charge in [0.15, 0.2) is 5.96 Å². The highest BCUT2D eigenvalue weighted by Crippen LogP contribution is 2.29. The molecule has 1 heterocycles. The van der Waals surface area contributed by atoms with E-state index in [9.17, 15) is 5.11 Å². The number of rotatable bonds is 6. The summed E-state index contributed by atoms with van der Waals surface area (Å²) >= 11 is 0. The third kappa shape index (κ3) is 4.34. The molecule has 5 nitrogen and oxygen atoms in total. The first-order valence-electron chi connectivity index (χ1n) is 9.41. The van der Waals surface area contributed by atoms with Gasteiger partial charge in [0.05, 0.1) is 12.1 Å². The van der Waals surface area contributed by atoms with E-state index in [4.69, 9.17) is 0 Å². The molecule has 1 aromatic heterocycles. The van der Waals surface area contributed by atoms with Crippen molar-refractivity contribution in [3.05, 3.63) is 35.5 Å². The van der Waals surface area contributed by atoms with Crippen LogP contribution < -0.4 is 10.6 Å². The molecule has 4 N–H and O–H groups in total. The second-order valence-electron chi connectivity index (χ2n) is 7.11. The summed E-state index contributed by atoms with van der Waals surface area (Å²) < 4.78 is 0. The first-order valence-corrected chi connectivity index (χ1v) is 9.41. The highest BCUT2D eigenvalue weighted by atomic mass is 16.3. The lowest BCUT2D eigenvalue weighted by Crippen LogP contribution is -2.40. The number of guanidine groups is 1. The number of fused-ring (bicyclic) bond motifs is 1. The minimum atomic E-state index is -0.600. The third-order valence-corrected chi connectivity index (χ3v) is 5.11. The number of nitrogens with one attached hydrogen (secondary N) is 3. The van der Waals surface area contributed by atoms with Gasteiger partial charge in [-0.25, -0.2) is 0 Å². The van der Waals surface area contributed by atoms with Crippen LogP contribution in [-0.4, -0.2) is 41.3 Å². The monoisotopic (exact) mass is 342 g/mol. The maximum absolute atomic E-state index is 10.5. The minimum Gasteiger partial charge on any atom is -0.388 e. The summed E-state index contributed by atoms with van der Waals surface area (Å²) in [6, 6.07) is 6.41. The van der Waals surface area contributed by atoms with Crippen LogP contribution in [0.4, 0.5) is 0 Å². The molecule has 0 saturated heterocycles. The van der Waals surface area contributed by atoms with Crippen molar-refractivity contribution in [1.82, 2.24) is 15.6 Å². The Kier molecular flexibility index (Phi) is 5.63. The van der Waals surface area contributed by atoms with Gasteiger partial charge in [0.25, 0.3) is 0 Å². The van der Waals surface area contributed by atoms with E-state index in [0.717, 1.165) is 51.2 Å². The van der Waals surface area contributed by atoms with Gasteiger partial charge in [-0.1, -0.05) is 31.0 Å². The van der Waals surface area contributed by atoms with Gasteiger partial charge in [0, 0.05) is 30.2 Å². The van der Waals surface area contributed by atoms with Crippen LogP contribution in [0.3, 0.4) is 0 Å². The van der Waals surface area contributed by atoms with Gasteiger partial charge in [0.2, 0.25) is 0 Å². The average Bonchev–Trinajstić information content (AvgIpc) is 3.21. The standard InChI is InChI=1S/C20H30N4O/c1-3-21-19(24-14-20(25)10-4-5-11-20)22-12-9-16-13-23-18-15(2)7-6-8-17(16)18/h6-8,13,23,25H,3-5,9-12,14H2,1-2H3,(H2,21,22,24). The van der Waals surface area contributed by atoms with Crippen molar-refractivity contribution in [2.45, 2.75) is 51.6 Å². The van der Waals surface area contributed by atoms with E-state index in [1.54, 1.807) is 0 Å². The molecule has 1 aliphatic carbocycles. The first-order chi connectivity index (χ1) is 12.1. The van der Waals surface area contributed by atoms with Gasteiger partial charge in [-0.2, -0.15) is 0 Å². The van der Waals surface area contributed by atoms with Gasteiger partial charge >= 0.3 is 0 Å². The van der Waals surface area contributed by atoms with E-state index >= 15 is 0 Å². The van der Waals surface area contributed by atoms with E-state index in [1.807, 2.05) is 0 Å². The molecule has 0 bridgehead atoms. The molecule has 25 heavy (non-hydrogen) atoms. The summed E-state index contributed by atoms with van der Waals surface area (Å²) in [5, 5.41) is 18.4. The Bertz CT molecular complexity index is 728. The first kappa shape index (κ1) is 17.8. The molecule has 0 unspecified atom stereocenters. The molecule has 136 valence electrons. The van der Waals surface area contributed by atoms with Crippen molar-refractivity contribution >= 4 is 16.9 Å². The second kappa shape index (κ2) is 7.91. The number of nitrogens with zero attached hydrogens (tertiary/aromatic N) is 1. The normalized spacial score (nSPS) is 17.2. The Morgan fingerprint density at radius 2 is 2.08 bits per heavy atom. The molecule has 1 saturated carbocycles. The van der Waals surface area contributed by atoms with Gasteiger partial charge in [-0.05, 0) is 44.2 Å². The van der Waals surface area contributed by atoms with Crippen LogP contribution in [0.1, 0.15) is 43.7 Å². The minimum absolute atomic E-state index is 0.481. The number of aliphatic imine (C=N–C) groups is 1. The van der Waals surface area contributed by atoms with Crippen molar-refractivity contribution in [1.29, 1.82) is 0 Å². The summed E-state index contributed by atoms with van der Waals surface area (Å²) in [4.78, 5) is 7.98. The molecular formula is C20H30N4O. The van der Waals surface area contributed by atoms with E-state index in [0.29, 0.717) is 6.54 Å². The van der Waals surface area contributed by atoms with Crippen LogP contribution in [0.25, 0.3) is 10.9 Å². The number of aryl methyl sites for hydroxylation is 1. The Labute approximate surface area is 149 Å². The zero-order valence-corrected chi connectivity index (χ0v) is 15.4. The second-order valence-corrected chi connectivity index (χ2v) is 7.11. The number of H-pyrrole nitrogens is 1. The predicted octanol–water partition coefficient (Wildman–Crippen LogP) is 2.88. The van der Waals surface area contributed by atoms with Gasteiger partial charge in [-0.3, -0.25) is 4.99 Å². The van der Waals surface area contributed by atoms with Crippen LogP contribution >= 0.6 is 0 Å². The van der Waals surface area contributed by atoms with Crippen molar-refractivity contribution < 1.29 is 5.11 Å². The summed E-state index contributed by atoms with van der Waals surface area (Å²) in [6.45, 7) is 6.30. The van der Waals surface area contributed by atoms with Gasteiger partial charge in [-0.15, -0.1) is 0 Å².